The fourth-order valence-electron chi connectivity index (χ4n) is 1.79. The highest BCUT2D eigenvalue weighted by Crippen LogP contribution is 2.46. The Morgan fingerprint density at radius 2 is 1.85 bits per heavy atom. The second kappa shape index (κ2) is 6.22. The zero-order valence-electron chi connectivity index (χ0n) is 11.1. The van der Waals surface area contributed by atoms with Crippen LogP contribution in [-0.2, 0) is 13.6 Å². The molecule has 0 aliphatic heterocycles. The summed E-state index contributed by atoms with van der Waals surface area (Å²) in [4.78, 5) is 12.0. The van der Waals surface area contributed by atoms with Gasteiger partial charge in [0.1, 0.15) is 5.58 Å². The quantitative estimate of drug-likeness (QED) is 0.603. The maximum atomic E-state index is 12.6. The molecule has 2 aromatic rings. The second-order valence-electron chi connectivity index (χ2n) is 3.93. The predicted molar refractivity (Wildman–Crippen MR) is 80.7 cm³/mol. The Balaban J connectivity index is 2.66. The highest BCUT2D eigenvalue weighted by Gasteiger charge is 2.31. The fourth-order valence-corrected chi connectivity index (χ4v) is 3.77. The molecule has 7 heteroatoms. The first kappa shape index (κ1) is 15.4. The molecule has 0 unspecified atom stereocenters. The number of fused-ring (bicyclic) bond motifs is 1. The van der Waals surface area contributed by atoms with Crippen molar-refractivity contribution in [1.82, 2.24) is 0 Å². The van der Waals surface area contributed by atoms with Gasteiger partial charge in [-0.3, -0.25) is 4.57 Å². The first-order valence-electron chi connectivity index (χ1n) is 6.13. The summed E-state index contributed by atoms with van der Waals surface area (Å²) in [5.41, 5.74) is -0.286. The molecule has 0 saturated carbocycles. The molecule has 0 aliphatic carbocycles. The van der Waals surface area contributed by atoms with Gasteiger partial charge in [0.15, 0.2) is 5.30 Å². The normalized spacial score (nSPS) is 11.9. The van der Waals surface area contributed by atoms with Crippen LogP contribution in [0.3, 0.4) is 0 Å². The molecule has 1 aromatic heterocycles. The second-order valence-corrected chi connectivity index (χ2v) is 6.84. The van der Waals surface area contributed by atoms with Crippen LogP contribution in [0.2, 0.25) is 0 Å². The van der Waals surface area contributed by atoms with E-state index in [9.17, 15) is 9.36 Å². The smallest absolute Gasteiger partial charge is 0.368 e. The van der Waals surface area contributed by atoms with E-state index in [0.29, 0.717) is 11.0 Å². The van der Waals surface area contributed by atoms with Crippen molar-refractivity contribution in [2.45, 2.75) is 13.8 Å². The van der Waals surface area contributed by atoms with Crippen LogP contribution in [0.1, 0.15) is 13.8 Å². The molecule has 0 bridgehead atoms. The van der Waals surface area contributed by atoms with Crippen molar-refractivity contribution < 1.29 is 18.0 Å². The maximum Gasteiger partial charge on any atom is 0.368 e. The van der Waals surface area contributed by atoms with Crippen molar-refractivity contribution in [3.05, 3.63) is 39.2 Å². The fraction of sp³-hybridized carbons (Fsp3) is 0.308. The Kier molecular flexibility index (Phi) is 4.81. The third-order valence-corrected chi connectivity index (χ3v) is 5.16. The van der Waals surface area contributed by atoms with E-state index in [0.717, 1.165) is 4.47 Å². The summed E-state index contributed by atoms with van der Waals surface area (Å²) in [7, 11) is -3.65. The molecule has 5 nitrogen and oxygen atoms in total. The molecule has 0 saturated heterocycles. The van der Waals surface area contributed by atoms with Crippen molar-refractivity contribution in [3.63, 3.8) is 0 Å². The van der Waals surface area contributed by atoms with E-state index in [4.69, 9.17) is 13.5 Å². The van der Waals surface area contributed by atoms with E-state index >= 15 is 0 Å². The monoisotopic (exact) mass is 360 g/mol. The summed E-state index contributed by atoms with van der Waals surface area (Å²) in [6.07, 6.45) is 0. The van der Waals surface area contributed by atoms with E-state index in [1.807, 2.05) is 0 Å². The van der Waals surface area contributed by atoms with Gasteiger partial charge < -0.3 is 13.5 Å². The molecule has 0 atom stereocenters. The Morgan fingerprint density at radius 1 is 1.20 bits per heavy atom. The van der Waals surface area contributed by atoms with Crippen LogP contribution in [0, 0.1) is 0 Å². The zero-order chi connectivity index (χ0) is 14.8. The molecule has 1 heterocycles. The van der Waals surface area contributed by atoms with Crippen molar-refractivity contribution >= 4 is 39.8 Å². The van der Waals surface area contributed by atoms with Crippen LogP contribution in [0.4, 0.5) is 0 Å². The van der Waals surface area contributed by atoms with Gasteiger partial charge in [-0.05, 0) is 38.1 Å². The van der Waals surface area contributed by atoms with E-state index in [1.54, 1.807) is 32.0 Å². The third kappa shape index (κ3) is 3.04. The topological polar surface area (TPSA) is 65.7 Å². The predicted octanol–water partition coefficient (Wildman–Crippen LogP) is 3.45. The van der Waals surface area contributed by atoms with Gasteiger partial charge in [-0.2, -0.15) is 0 Å². The zero-order valence-corrected chi connectivity index (χ0v) is 13.6. The number of rotatable bonds is 5. The average Bonchev–Trinajstić information content (AvgIpc) is 2.39. The summed E-state index contributed by atoms with van der Waals surface area (Å²) >= 11 is 3.34. The molecule has 2 rings (SSSR count). The lowest BCUT2D eigenvalue weighted by Gasteiger charge is -2.16. The maximum absolute atomic E-state index is 12.6. The summed E-state index contributed by atoms with van der Waals surface area (Å²) in [6, 6.07) is 6.69. The van der Waals surface area contributed by atoms with Gasteiger partial charge in [0.2, 0.25) is 0 Å². The van der Waals surface area contributed by atoms with Crippen molar-refractivity contribution in [3.8, 4) is 0 Å². The standard InChI is InChI=1S/C13H14BrO5P/c1-3-17-20(16,18-4-2)12-8-9-7-10(14)5-6-11(9)19-13(12)15/h5-8H,3-4H2,1-2H3. The molecule has 0 amide bonds. The van der Waals surface area contributed by atoms with Gasteiger partial charge in [-0.15, -0.1) is 0 Å². The number of benzene rings is 1. The molecule has 20 heavy (non-hydrogen) atoms. The van der Waals surface area contributed by atoms with Gasteiger partial charge in [-0.25, -0.2) is 4.79 Å². The Bertz CT molecular complexity index is 714. The minimum absolute atomic E-state index is 0.0770. The summed E-state index contributed by atoms with van der Waals surface area (Å²) in [5, 5.41) is 0.570. The largest absolute Gasteiger partial charge is 0.422 e. The van der Waals surface area contributed by atoms with E-state index in [2.05, 4.69) is 15.9 Å². The minimum atomic E-state index is -3.65. The number of hydrogen-bond donors (Lipinski definition) is 0. The van der Waals surface area contributed by atoms with Crippen LogP contribution >= 0.6 is 23.5 Å². The lowest BCUT2D eigenvalue weighted by atomic mass is 10.2. The molecule has 108 valence electrons. The molecule has 0 aliphatic rings. The Labute approximate surface area is 124 Å². The van der Waals surface area contributed by atoms with Gasteiger partial charge in [-0.1, -0.05) is 15.9 Å². The van der Waals surface area contributed by atoms with Crippen LogP contribution in [0.25, 0.3) is 11.0 Å². The molecule has 0 spiro atoms. The Hall–Kier alpha value is -0.940. The van der Waals surface area contributed by atoms with E-state index < -0.39 is 13.2 Å². The summed E-state index contributed by atoms with van der Waals surface area (Å²) in [6.45, 7) is 3.72. The molecule has 1 aromatic carbocycles. The van der Waals surface area contributed by atoms with Gasteiger partial charge in [0, 0.05) is 9.86 Å². The van der Waals surface area contributed by atoms with Crippen LogP contribution < -0.4 is 10.9 Å². The number of hydrogen-bond acceptors (Lipinski definition) is 5. The van der Waals surface area contributed by atoms with Gasteiger partial charge >= 0.3 is 13.2 Å². The SMILES string of the molecule is CCOP(=O)(OCC)c1cc2cc(Br)ccc2oc1=O. The highest BCUT2D eigenvalue weighted by atomic mass is 79.9. The molecule has 0 N–H and O–H groups in total. The third-order valence-electron chi connectivity index (χ3n) is 2.57. The molecule has 0 fully saturated rings. The van der Waals surface area contributed by atoms with Crippen LogP contribution in [0.5, 0.6) is 0 Å². The van der Waals surface area contributed by atoms with E-state index in [1.165, 1.54) is 6.07 Å². The number of halogens is 1. The van der Waals surface area contributed by atoms with Crippen molar-refractivity contribution in [2.24, 2.45) is 0 Å². The van der Waals surface area contributed by atoms with E-state index in [-0.39, 0.29) is 18.5 Å². The molecular weight excluding hydrogens is 347 g/mol. The molecular formula is C13H14BrO5P. The van der Waals surface area contributed by atoms with Crippen molar-refractivity contribution in [2.75, 3.05) is 13.2 Å². The first-order chi connectivity index (χ1) is 9.50. The summed E-state index contributed by atoms with van der Waals surface area (Å²) < 4.78 is 29.0. The highest BCUT2D eigenvalue weighted by molar-refractivity contribution is 9.10. The summed E-state index contributed by atoms with van der Waals surface area (Å²) in [5.74, 6) is 0. The van der Waals surface area contributed by atoms with Crippen LogP contribution in [-0.4, -0.2) is 13.2 Å². The lowest BCUT2D eigenvalue weighted by Crippen LogP contribution is -2.26. The Morgan fingerprint density at radius 3 is 2.45 bits per heavy atom. The van der Waals surface area contributed by atoms with Gasteiger partial charge in [0.05, 0.1) is 13.2 Å². The van der Waals surface area contributed by atoms with Crippen molar-refractivity contribution in [1.29, 1.82) is 0 Å². The first-order valence-corrected chi connectivity index (χ1v) is 8.47. The van der Waals surface area contributed by atoms with Gasteiger partial charge in [0.25, 0.3) is 0 Å². The van der Waals surface area contributed by atoms with Crippen LogP contribution in [0.15, 0.2) is 37.9 Å². The average molecular weight is 361 g/mol. The lowest BCUT2D eigenvalue weighted by molar-refractivity contribution is 0.229. The molecule has 0 radical (unpaired) electrons. The minimum Gasteiger partial charge on any atom is -0.422 e.